The van der Waals surface area contributed by atoms with Gasteiger partial charge in [0.1, 0.15) is 0 Å². The zero-order valence-electron chi connectivity index (χ0n) is 10.8. The summed E-state index contributed by atoms with van der Waals surface area (Å²) in [6.45, 7) is 4.08. The van der Waals surface area contributed by atoms with Crippen molar-refractivity contribution in [3.05, 3.63) is 57.4 Å². The van der Waals surface area contributed by atoms with Crippen LogP contribution in [0.15, 0.2) is 30.3 Å². The second kappa shape index (κ2) is 5.43. The van der Waals surface area contributed by atoms with Crippen molar-refractivity contribution in [3.8, 4) is 0 Å². The molecule has 1 aromatic carbocycles. The molecular formula is C13H14N4O2. The van der Waals surface area contributed by atoms with Crippen LogP contribution in [0.5, 0.6) is 0 Å². The maximum atomic E-state index is 10.9. The third-order valence-electron chi connectivity index (χ3n) is 2.61. The molecule has 2 aromatic rings. The van der Waals surface area contributed by atoms with Crippen LogP contribution in [0.2, 0.25) is 0 Å². The van der Waals surface area contributed by atoms with Gasteiger partial charge < -0.3 is 5.32 Å². The smallest absolute Gasteiger partial charge is 0.274 e. The van der Waals surface area contributed by atoms with E-state index in [1.54, 1.807) is 18.2 Å². The molecule has 19 heavy (non-hydrogen) atoms. The van der Waals surface area contributed by atoms with Crippen molar-refractivity contribution >= 4 is 11.6 Å². The molecule has 1 heterocycles. The Kier molecular flexibility index (Phi) is 3.70. The minimum atomic E-state index is -0.390. The Labute approximate surface area is 110 Å². The van der Waals surface area contributed by atoms with Gasteiger partial charge in [-0.2, -0.15) is 0 Å². The fraction of sp³-hybridized carbons (Fsp3) is 0.231. The quantitative estimate of drug-likeness (QED) is 0.673. The normalized spacial score (nSPS) is 10.2. The summed E-state index contributed by atoms with van der Waals surface area (Å²) < 4.78 is 0. The van der Waals surface area contributed by atoms with Gasteiger partial charge in [0.25, 0.3) is 5.69 Å². The number of nitro benzene ring substituents is 1. The van der Waals surface area contributed by atoms with Crippen LogP contribution < -0.4 is 5.32 Å². The fourth-order valence-corrected chi connectivity index (χ4v) is 1.82. The van der Waals surface area contributed by atoms with E-state index in [9.17, 15) is 10.1 Å². The molecule has 0 saturated carbocycles. The Hall–Kier alpha value is -2.50. The van der Waals surface area contributed by atoms with Crippen LogP contribution in [0.4, 0.5) is 11.6 Å². The number of aromatic nitrogens is 2. The van der Waals surface area contributed by atoms with E-state index in [2.05, 4.69) is 15.3 Å². The van der Waals surface area contributed by atoms with Crippen LogP contribution in [0.3, 0.4) is 0 Å². The van der Waals surface area contributed by atoms with E-state index in [1.165, 1.54) is 6.07 Å². The fourth-order valence-electron chi connectivity index (χ4n) is 1.82. The molecule has 0 spiro atoms. The number of rotatable bonds is 4. The van der Waals surface area contributed by atoms with Crippen molar-refractivity contribution < 1.29 is 4.92 Å². The van der Waals surface area contributed by atoms with Gasteiger partial charge in [0.15, 0.2) is 0 Å². The van der Waals surface area contributed by atoms with Gasteiger partial charge in [-0.05, 0) is 19.9 Å². The lowest BCUT2D eigenvalue weighted by atomic mass is 10.2. The number of nitrogens with zero attached hydrogens (tertiary/aromatic N) is 3. The molecule has 2 rings (SSSR count). The summed E-state index contributed by atoms with van der Waals surface area (Å²) in [7, 11) is 0. The van der Waals surface area contributed by atoms with Crippen molar-refractivity contribution in [3.63, 3.8) is 0 Å². The number of hydrogen-bond donors (Lipinski definition) is 1. The highest BCUT2D eigenvalue weighted by Crippen LogP contribution is 2.18. The third-order valence-corrected chi connectivity index (χ3v) is 2.61. The van der Waals surface area contributed by atoms with Crippen molar-refractivity contribution in [1.82, 2.24) is 9.97 Å². The molecule has 6 heteroatoms. The number of aryl methyl sites for hydroxylation is 2. The Bertz CT molecular complexity index is 593. The SMILES string of the molecule is Cc1cc(C)nc(NCc2ccccc2[N+](=O)[O-])n1. The zero-order valence-corrected chi connectivity index (χ0v) is 10.8. The molecular weight excluding hydrogens is 244 g/mol. The van der Waals surface area contributed by atoms with Crippen LogP contribution in [0.25, 0.3) is 0 Å². The molecule has 6 nitrogen and oxygen atoms in total. The summed E-state index contributed by atoms with van der Waals surface area (Å²) >= 11 is 0. The monoisotopic (exact) mass is 258 g/mol. The van der Waals surface area contributed by atoms with E-state index in [1.807, 2.05) is 19.9 Å². The summed E-state index contributed by atoms with van der Waals surface area (Å²) in [6, 6.07) is 8.49. The molecule has 0 radical (unpaired) electrons. The minimum Gasteiger partial charge on any atom is -0.350 e. The van der Waals surface area contributed by atoms with E-state index >= 15 is 0 Å². The Balaban J connectivity index is 2.16. The van der Waals surface area contributed by atoms with Gasteiger partial charge in [0.05, 0.1) is 4.92 Å². The molecule has 0 aliphatic rings. The van der Waals surface area contributed by atoms with Gasteiger partial charge in [0, 0.05) is 29.6 Å². The highest BCUT2D eigenvalue weighted by molar-refractivity contribution is 5.42. The lowest BCUT2D eigenvalue weighted by Crippen LogP contribution is -2.07. The minimum absolute atomic E-state index is 0.0966. The molecule has 0 unspecified atom stereocenters. The van der Waals surface area contributed by atoms with E-state index in [0.717, 1.165) is 11.4 Å². The number of nitrogens with one attached hydrogen (secondary N) is 1. The van der Waals surface area contributed by atoms with Crippen LogP contribution in [0.1, 0.15) is 17.0 Å². The molecule has 1 aromatic heterocycles. The topological polar surface area (TPSA) is 81.0 Å². The molecule has 0 aliphatic heterocycles. The average Bonchev–Trinajstić information content (AvgIpc) is 2.35. The lowest BCUT2D eigenvalue weighted by Gasteiger charge is -2.07. The van der Waals surface area contributed by atoms with Crippen LogP contribution >= 0.6 is 0 Å². The summed E-state index contributed by atoms with van der Waals surface area (Å²) in [6.07, 6.45) is 0. The average molecular weight is 258 g/mol. The number of nitro groups is 1. The summed E-state index contributed by atoms with van der Waals surface area (Å²) in [4.78, 5) is 19.0. The van der Waals surface area contributed by atoms with Gasteiger partial charge in [-0.1, -0.05) is 18.2 Å². The van der Waals surface area contributed by atoms with Gasteiger partial charge in [-0.15, -0.1) is 0 Å². The molecule has 0 atom stereocenters. The van der Waals surface area contributed by atoms with Gasteiger partial charge in [0.2, 0.25) is 5.95 Å². The molecule has 98 valence electrons. The number of anilines is 1. The highest BCUT2D eigenvalue weighted by Gasteiger charge is 2.12. The van der Waals surface area contributed by atoms with Crippen LogP contribution in [-0.2, 0) is 6.54 Å². The van der Waals surface area contributed by atoms with E-state index in [4.69, 9.17) is 0 Å². The molecule has 0 aliphatic carbocycles. The molecule has 0 fully saturated rings. The van der Waals surface area contributed by atoms with E-state index in [-0.39, 0.29) is 10.6 Å². The number of benzene rings is 1. The van der Waals surface area contributed by atoms with Gasteiger partial charge in [-0.25, -0.2) is 9.97 Å². The standard InChI is InChI=1S/C13H14N4O2/c1-9-7-10(2)16-13(15-9)14-8-11-5-3-4-6-12(11)17(18)19/h3-7H,8H2,1-2H3,(H,14,15,16). The number of para-hydroxylation sites is 1. The summed E-state index contributed by atoms with van der Waals surface area (Å²) in [5.41, 5.74) is 2.42. The zero-order chi connectivity index (χ0) is 13.8. The predicted molar refractivity (Wildman–Crippen MR) is 71.9 cm³/mol. The number of hydrogen-bond acceptors (Lipinski definition) is 5. The van der Waals surface area contributed by atoms with Crippen molar-refractivity contribution in [2.24, 2.45) is 0 Å². The van der Waals surface area contributed by atoms with E-state index in [0.29, 0.717) is 18.1 Å². The molecule has 1 N–H and O–H groups in total. The summed E-state index contributed by atoms with van der Waals surface area (Å²) in [5.74, 6) is 0.482. The molecule has 0 amide bonds. The highest BCUT2D eigenvalue weighted by atomic mass is 16.6. The van der Waals surface area contributed by atoms with Crippen LogP contribution in [0, 0.1) is 24.0 Å². The first kappa shape index (κ1) is 12.9. The van der Waals surface area contributed by atoms with Crippen molar-refractivity contribution in [1.29, 1.82) is 0 Å². The predicted octanol–water partition coefficient (Wildman–Crippen LogP) is 2.61. The molecule has 0 saturated heterocycles. The van der Waals surface area contributed by atoms with Gasteiger partial charge in [-0.3, -0.25) is 10.1 Å². The lowest BCUT2D eigenvalue weighted by molar-refractivity contribution is -0.385. The first-order valence-electron chi connectivity index (χ1n) is 5.84. The van der Waals surface area contributed by atoms with Gasteiger partial charge >= 0.3 is 0 Å². The maximum Gasteiger partial charge on any atom is 0.274 e. The molecule has 0 bridgehead atoms. The first-order chi connectivity index (χ1) is 9.06. The van der Waals surface area contributed by atoms with Crippen LogP contribution in [-0.4, -0.2) is 14.9 Å². The second-order valence-corrected chi connectivity index (χ2v) is 4.21. The second-order valence-electron chi connectivity index (χ2n) is 4.21. The Morgan fingerprint density at radius 1 is 1.21 bits per heavy atom. The summed E-state index contributed by atoms with van der Waals surface area (Å²) in [5, 5.41) is 13.9. The van der Waals surface area contributed by atoms with E-state index < -0.39 is 0 Å². The largest absolute Gasteiger partial charge is 0.350 e. The van der Waals surface area contributed by atoms with Crippen molar-refractivity contribution in [2.45, 2.75) is 20.4 Å². The third kappa shape index (κ3) is 3.25. The Morgan fingerprint density at radius 3 is 2.47 bits per heavy atom. The Morgan fingerprint density at radius 2 is 1.84 bits per heavy atom. The first-order valence-corrected chi connectivity index (χ1v) is 5.84. The van der Waals surface area contributed by atoms with Crippen molar-refractivity contribution in [2.75, 3.05) is 5.32 Å². The maximum absolute atomic E-state index is 10.9.